The molecule has 0 aromatic rings. The van der Waals surface area contributed by atoms with Crippen LogP contribution in [0.1, 0.15) is 0 Å². The topological polar surface area (TPSA) is 34.1 Å². The summed E-state index contributed by atoms with van der Waals surface area (Å²) in [4.78, 5) is 20.0. The summed E-state index contributed by atoms with van der Waals surface area (Å²) in [6, 6.07) is 0. The van der Waals surface area contributed by atoms with Crippen LogP contribution in [0.5, 0.6) is 0 Å². The predicted octanol–water partition coefficient (Wildman–Crippen LogP) is 2.55. The quantitative estimate of drug-likeness (QED) is 0.494. The number of carbonyl (C=O) groups excluding carboxylic acids is 2. The molecule has 0 unspecified atom stereocenters. The Morgan fingerprint density at radius 2 is 0.929 bits per heavy atom. The third-order valence-corrected chi connectivity index (χ3v) is 2.66. The summed E-state index contributed by atoms with van der Waals surface area (Å²) in [5, 5.41) is -4.92. The molecule has 0 saturated heterocycles. The fourth-order valence-electron chi connectivity index (χ4n) is 0.170. The Hall–Kier alpha value is -0.380. The third kappa shape index (κ3) is 4.74. The number of rotatable bonds is 0. The highest BCUT2D eigenvalue weighted by atomic mass is 33.1. The molecule has 2 nitrogen and oxygen atoms in total. The second kappa shape index (κ2) is 4.43. The minimum absolute atomic E-state index is 0.798. The predicted molar refractivity (Wildman–Crippen MR) is 37.3 cm³/mol. The van der Waals surface area contributed by atoms with Crippen molar-refractivity contribution in [2.24, 2.45) is 0 Å². The molecular weight excluding hydrogens is 258 g/mol. The molecule has 0 rings (SSSR count). The zero-order valence-corrected chi connectivity index (χ0v) is 7.53. The molecular formula is C4F6O2S2. The molecule has 0 saturated carbocycles. The van der Waals surface area contributed by atoms with Crippen LogP contribution in [0, 0.1) is 0 Å². The highest BCUT2D eigenvalue weighted by molar-refractivity contribution is 8.87. The molecule has 0 radical (unpaired) electrons. The molecule has 0 bridgehead atoms. The van der Waals surface area contributed by atoms with Gasteiger partial charge >= 0.3 is 22.6 Å². The van der Waals surface area contributed by atoms with Crippen molar-refractivity contribution >= 4 is 31.8 Å². The number of carbonyl (C=O) groups is 2. The first-order chi connectivity index (χ1) is 6.05. The van der Waals surface area contributed by atoms with Crippen LogP contribution in [0.3, 0.4) is 0 Å². The Kier molecular flexibility index (Phi) is 4.31. The molecule has 0 aliphatic heterocycles. The van der Waals surface area contributed by atoms with Gasteiger partial charge in [0.2, 0.25) is 0 Å². The van der Waals surface area contributed by atoms with Gasteiger partial charge in [-0.2, -0.15) is 26.3 Å². The highest BCUT2D eigenvalue weighted by Crippen LogP contribution is 2.36. The number of hydrogen-bond acceptors (Lipinski definition) is 4. The maximum absolute atomic E-state index is 11.4. The lowest BCUT2D eigenvalue weighted by atomic mass is 10.8. The fraction of sp³-hybridized carbons (Fsp3) is 0.500. The van der Waals surface area contributed by atoms with E-state index in [4.69, 9.17) is 0 Å². The maximum Gasteiger partial charge on any atom is 0.461 e. The molecule has 0 aromatic carbocycles. The molecule has 0 amide bonds. The van der Waals surface area contributed by atoms with E-state index < -0.39 is 44.2 Å². The van der Waals surface area contributed by atoms with Crippen LogP contribution in [-0.2, 0) is 9.59 Å². The van der Waals surface area contributed by atoms with Crippen molar-refractivity contribution in [1.29, 1.82) is 0 Å². The van der Waals surface area contributed by atoms with Gasteiger partial charge in [0.1, 0.15) is 0 Å². The van der Waals surface area contributed by atoms with Gasteiger partial charge in [0.15, 0.2) is 0 Å². The molecule has 0 aliphatic rings. The van der Waals surface area contributed by atoms with E-state index in [0.29, 0.717) is 0 Å². The highest BCUT2D eigenvalue weighted by Gasteiger charge is 2.44. The lowest BCUT2D eigenvalue weighted by Crippen LogP contribution is -2.21. The third-order valence-electron chi connectivity index (χ3n) is 0.656. The summed E-state index contributed by atoms with van der Waals surface area (Å²) < 4.78 is 68.5. The molecule has 0 N–H and O–H groups in total. The van der Waals surface area contributed by atoms with Crippen LogP contribution < -0.4 is 0 Å². The zero-order valence-electron chi connectivity index (χ0n) is 5.90. The lowest BCUT2D eigenvalue weighted by Gasteiger charge is -2.04. The number of alkyl halides is 6. The summed E-state index contributed by atoms with van der Waals surface area (Å²) in [5.74, 6) is 0. The molecule has 0 fully saturated rings. The maximum atomic E-state index is 11.4. The largest absolute Gasteiger partial charge is 0.461 e. The summed E-state index contributed by atoms with van der Waals surface area (Å²) in [7, 11) is -1.60. The van der Waals surface area contributed by atoms with Crippen LogP contribution in [-0.4, -0.2) is 22.6 Å². The first kappa shape index (κ1) is 13.6. The summed E-state index contributed by atoms with van der Waals surface area (Å²) in [5.41, 5.74) is 0. The Balaban J connectivity index is 4.10. The van der Waals surface area contributed by atoms with Crippen molar-refractivity contribution < 1.29 is 35.9 Å². The van der Waals surface area contributed by atoms with Crippen LogP contribution in [0.4, 0.5) is 26.3 Å². The van der Waals surface area contributed by atoms with Crippen molar-refractivity contribution in [2.75, 3.05) is 0 Å². The molecule has 14 heavy (non-hydrogen) atoms. The van der Waals surface area contributed by atoms with Crippen LogP contribution in [0.25, 0.3) is 0 Å². The molecule has 0 aliphatic carbocycles. The van der Waals surface area contributed by atoms with E-state index in [2.05, 4.69) is 0 Å². The molecule has 0 aromatic heterocycles. The molecule has 0 heterocycles. The van der Waals surface area contributed by atoms with Gasteiger partial charge in [0.25, 0.3) is 0 Å². The van der Waals surface area contributed by atoms with Gasteiger partial charge in [0, 0.05) is 0 Å². The fourth-order valence-corrected chi connectivity index (χ4v) is 1.53. The Morgan fingerprint density at radius 3 is 1.07 bits per heavy atom. The van der Waals surface area contributed by atoms with Gasteiger partial charge in [-0.05, 0) is 21.6 Å². The Bertz CT molecular complexity index is 217. The summed E-state index contributed by atoms with van der Waals surface area (Å²) in [6.07, 6.45) is -10.5. The van der Waals surface area contributed by atoms with Crippen molar-refractivity contribution in [3.63, 3.8) is 0 Å². The Labute approximate surface area is 80.8 Å². The second-order valence-corrected chi connectivity index (χ2v) is 3.81. The zero-order chi connectivity index (χ0) is 11.6. The van der Waals surface area contributed by atoms with Crippen molar-refractivity contribution in [2.45, 2.75) is 12.4 Å². The molecule has 10 heteroatoms. The first-order valence-electron chi connectivity index (χ1n) is 2.62. The van der Waals surface area contributed by atoms with Gasteiger partial charge < -0.3 is 0 Å². The smallest absolute Gasteiger partial charge is 0.276 e. The van der Waals surface area contributed by atoms with E-state index in [1.165, 1.54) is 0 Å². The molecule has 0 spiro atoms. The van der Waals surface area contributed by atoms with E-state index in [1.54, 1.807) is 0 Å². The molecule has 0 atom stereocenters. The van der Waals surface area contributed by atoms with Crippen molar-refractivity contribution in [3.8, 4) is 0 Å². The SMILES string of the molecule is O=C(SSC(=O)C(F)(F)F)C(F)(F)F. The summed E-state index contributed by atoms with van der Waals surface area (Å²) >= 11 is 0. The minimum Gasteiger partial charge on any atom is -0.276 e. The van der Waals surface area contributed by atoms with E-state index in [0.717, 1.165) is 0 Å². The van der Waals surface area contributed by atoms with Crippen LogP contribution in [0.15, 0.2) is 0 Å². The van der Waals surface area contributed by atoms with Gasteiger partial charge in [-0.1, -0.05) is 0 Å². The van der Waals surface area contributed by atoms with Crippen LogP contribution in [0.2, 0.25) is 0 Å². The van der Waals surface area contributed by atoms with Crippen LogP contribution >= 0.6 is 21.6 Å². The van der Waals surface area contributed by atoms with Crippen molar-refractivity contribution in [3.05, 3.63) is 0 Å². The first-order valence-corrected chi connectivity index (χ1v) is 4.77. The number of halogens is 6. The van der Waals surface area contributed by atoms with Gasteiger partial charge in [-0.3, -0.25) is 9.59 Å². The van der Waals surface area contributed by atoms with E-state index in [-0.39, 0.29) is 0 Å². The van der Waals surface area contributed by atoms with E-state index in [1.807, 2.05) is 0 Å². The van der Waals surface area contributed by atoms with E-state index in [9.17, 15) is 35.9 Å². The van der Waals surface area contributed by atoms with Gasteiger partial charge in [0.05, 0.1) is 0 Å². The Morgan fingerprint density at radius 1 is 0.714 bits per heavy atom. The lowest BCUT2D eigenvalue weighted by molar-refractivity contribution is -0.160. The second-order valence-electron chi connectivity index (χ2n) is 1.74. The van der Waals surface area contributed by atoms with Crippen molar-refractivity contribution in [1.82, 2.24) is 0 Å². The molecule has 82 valence electrons. The summed E-state index contributed by atoms with van der Waals surface area (Å²) in [6.45, 7) is 0. The standard InChI is InChI=1S/C4F6O2S2/c5-3(6,7)1(11)13-14-2(12)4(8,9)10. The van der Waals surface area contributed by atoms with Gasteiger partial charge in [-0.25, -0.2) is 0 Å². The average molecular weight is 258 g/mol. The monoisotopic (exact) mass is 258 g/mol. The van der Waals surface area contributed by atoms with Gasteiger partial charge in [-0.15, -0.1) is 0 Å². The average Bonchev–Trinajstić information content (AvgIpc) is 1.95. The minimum atomic E-state index is -5.25. The number of hydrogen-bond donors (Lipinski definition) is 0. The normalized spacial score (nSPS) is 12.7. The van der Waals surface area contributed by atoms with E-state index >= 15 is 0 Å².